The van der Waals surface area contributed by atoms with Gasteiger partial charge in [0.15, 0.2) is 5.03 Å². The lowest BCUT2D eigenvalue weighted by Gasteiger charge is -2.11. The second-order valence-electron chi connectivity index (χ2n) is 5.65. The number of primary sulfonamides is 1. The molecule has 3 aromatic heterocycles. The van der Waals surface area contributed by atoms with Crippen LogP contribution in [0.4, 0.5) is 13.2 Å². The van der Waals surface area contributed by atoms with E-state index in [0.717, 1.165) is 0 Å². The average Bonchev–Trinajstić information content (AvgIpc) is 3.29. The molecule has 0 aliphatic rings. The zero-order chi connectivity index (χ0) is 20.1. The highest BCUT2D eigenvalue weighted by Gasteiger charge is 2.35. The fourth-order valence-electron chi connectivity index (χ4n) is 2.78. The van der Waals surface area contributed by atoms with Crippen LogP contribution in [-0.2, 0) is 16.2 Å². The van der Waals surface area contributed by atoms with Crippen molar-refractivity contribution in [2.24, 2.45) is 5.14 Å². The van der Waals surface area contributed by atoms with E-state index >= 15 is 0 Å². The van der Waals surface area contributed by atoms with E-state index < -0.39 is 26.9 Å². The summed E-state index contributed by atoms with van der Waals surface area (Å²) in [6.07, 6.45) is -3.48. The smallest absolute Gasteiger partial charge is 0.272 e. The summed E-state index contributed by atoms with van der Waals surface area (Å²) in [5.41, 5.74) is -0.553. The third-order valence-corrected chi connectivity index (χ3v) is 4.75. The van der Waals surface area contributed by atoms with Gasteiger partial charge in [-0.1, -0.05) is 6.07 Å². The lowest BCUT2D eigenvalue weighted by Crippen LogP contribution is -2.16. The van der Waals surface area contributed by atoms with E-state index in [1.54, 1.807) is 0 Å². The molecule has 4 rings (SSSR count). The maximum atomic E-state index is 13.2. The molecule has 0 unspecified atom stereocenters. The number of aromatic amines is 2. The fourth-order valence-corrected chi connectivity index (χ4v) is 3.47. The second-order valence-corrected chi connectivity index (χ2v) is 7.12. The Morgan fingerprint density at radius 2 is 1.89 bits per heavy atom. The molecule has 0 saturated heterocycles. The molecule has 4 N–H and O–H groups in total. The van der Waals surface area contributed by atoms with Gasteiger partial charge in [-0.2, -0.15) is 23.5 Å². The first-order chi connectivity index (χ1) is 13.2. The molecule has 0 atom stereocenters. The summed E-state index contributed by atoms with van der Waals surface area (Å²) in [7, 11) is -4.28. The number of nitrogens with zero attached hydrogens (tertiary/aromatic N) is 5. The highest BCUT2D eigenvalue weighted by molar-refractivity contribution is 7.89. The van der Waals surface area contributed by atoms with Crippen molar-refractivity contribution in [2.45, 2.75) is 11.2 Å². The van der Waals surface area contributed by atoms with Crippen molar-refractivity contribution in [3.8, 4) is 22.5 Å². The number of benzene rings is 1. The summed E-state index contributed by atoms with van der Waals surface area (Å²) in [6, 6.07) is 5.49. The minimum atomic E-state index is -4.64. The molecule has 0 spiro atoms. The first-order valence-corrected chi connectivity index (χ1v) is 9.02. The number of hydrogen-bond donors (Lipinski definition) is 3. The molecule has 28 heavy (non-hydrogen) atoms. The standard InChI is InChI=1S/C14H9F3N8O2S/c15-14(16,17)11-8-5-6(1-2-9(8)20-21-11)7-3-4-19-13(28(18,26)27)10(7)12-22-24-25-23-12/h1-5H,(H,20,21)(H2,18,26,27)(H,22,23,24,25). The number of hydrogen-bond acceptors (Lipinski definition) is 7. The zero-order valence-corrected chi connectivity index (χ0v) is 14.4. The Balaban J connectivity index is 2.03. The van der Waals surface area contributed by atoms with E-state index in [2.05, 4.69) is 30.7 Å². The molecule has 0 aliphatic carbocycles. The SMILES string of the molecule is NS(=O)(=O)c1nccc(-c2ccc3n[nH]c(C(F)(F)F)c3c2)c1-c1nn[nH]n1. The van der Waals surface area contributed by atoms with E-state index in [-0.39, 0.29) is 33.4 Å². The van der Waals surface area contributed by atoms with Crippen LogP contribution in [0.25, 0.3) is 33.4 Å². The normalized spacial score (nSPS) is 12.6. The Labute approximate surface area is 154 Å². The van der Waals surface area contributed by atoms with Gasteiger partial charge in [0.2, 0.25) is 5.82 Å². The zero-order valence-electron chi connectivity index (χ0n) is 13.6. The predicted molar refractivity (Wildman–Crippen MR) is 88.9 cm³/mol. The summed E-state index contributed by atoms with van der Waals surface area (Å²) in [6.45, 7) is 0. The highest BCUT2D eigenvalue weighted by Crippen LogP contribution is 2.38. The van der Waals surface area contributed by atoms with Crippen molar-refractivity contribution < 1.29 is 21.6 Å². The molecule has 10 nitrogen and oxygen atoms in total. The molecule has 4 aromatic rings. The maximum Gasteiger partial charge on any atom is 0.433 e. The number of pyridine rings is 1. The molecular weight excluding hydrogens is 401 g/mol. The Bertz CT molecular complexity index is 1280. The van der Waals surface area contributed by atoms with Crippen LogP contribution in [0.15, 0.2) is 35.5 Å². The molecule has 3 heterocycles. The van der Waals surface area contributed by atoms with Crippen LogP contribution in [0.1, 0.15) is 5.69 Å². The van der Waals surface area contributed by atoms with E-state index in [9.17, 15) is 21.6 Å². The van der Waals surface area contributed by atoms with Gasteiger partial charge < -0.3 is 0 Å². The first kappa shape index (κ1) is 18.0. The summed E-state index contributed by atoms with van der Waals surface area (Å²) in [5, 5.41) is 23.2. The van der Waals surface area contributed by atoms with Crippen molar-refractivity contribution in [3.05, 3.63) is 36.2 Å². The number of nitrogens with one attached hydrogen (secondary N) is 2. The van der Waals surface area contributed by atoms with Crippen molar-refractivity contribution in [2.75, 3.05) is 0 Å². The fraction of sp³-hybridized carbons (Fsp3) is 0.0714. The van der Waals surface area contributed by atoms with Gasteiger partial charge in [0.05, 0.1) is 11.1 Å². The number of sulfonamides is 1. The molecule has 0 aliphatic heterocycles. The predicted octanol–water partition coefficient (Wildman–Crippen LogP) is 1.47. The topological polar surface area (TPSA) is 156 Å². The Morgan fingerprint density at radius 3 is 2.54 bits per heavy atom. The Kier molecular flexibility index (Phi) is 3.90. The van der Waals surface area contributed by atoms with Gasteiger partial charge in [0.25, 0.3) is 10.0 Å². The highest BCUT2D eigenvalue weighted by atomic mass is 32.2. The molecule has 0 fully saturated rings. The van der Waals surface area contributed by atoms with Crippen molar-refractivity contribution in [1.82, 2.24) is 35.8 Å². The quantitative estimate of drug-likeness (QED) is 0.462. The van der Waals surface area contributed by atoms with E-state index in [1.165, 1.54) is 30.5 Å². The molecule has 0 saturated carbocycles. The van der Waals surface area contributed by atoms with Gasteiger partial charge in [0.1, 0.15) is 5.69 Å². The monoisotopic (exact) mass is 410 g/mol. The molecule has 0 radical (unpaired) electrons. The first-order valence-electron chi connectivity index (χ1n) is 7.47. The maximum absolute atomic E-state index is 13.2. The average molecular weight is 410 g/mol. The van der Waals surface area contributed by atoms with Crippen LogP contribution >= 0.6 is 0 Å². The van der Waals surface area contributed by atoms with Crippen LogP contribution in [0.5, 0.6) is 0 Å². The van der Waals surface area contributed by atoms with Crippen LogP contribution in [0.2, 0.25) is 0 Å². The van der Waals surface area contributed by atoms with Gasteiger partial charge in [-0.15, -0.1) is 10.2 Å². The molecule has 1 aromatic carbocycles. The number of alkyl halides is 3. The van der Waals surface area contributed by atoms with Crippen LogP contribution in [0, 0.1) is 0 Å². The van der Waals surface area contributed by atoms with Crippen LogP contribution in [0.3, 0.4) is 0 Å². The largest absolute Gasteiger partial charge is 0.433 e. The van der Waals surface area contributed by atoms with Gasteiger partial charge in [-0.05, 0) is 34.5 Å². The molecular formula is C14H9F3N8O2S. The van der Waals surface area contributed by atoms with Crippen LogP contribution in [-0.4, -0.2) is 44.2 Å². The minimum Gasteiger partial charge on any atom is -0.272 e. The lowest BCUT2D eigenvalue weighted by atomic mass is 9.99. The van der Waals surface area contributed by atoms with E-state index in [1.807, 2.05) is 5.10 Å². The van der Waals surface area contributed by atoms with Gasteiger partial charge in [-0.25, -0.2) is 18.5 Å². The second kappa shape index (κ2) is 6.07. The van der Waals surface area contributed by atoms with Gasteiger partial charge >= 0.3 is 6.18 Å². The molecule has 0 amide bonds. The number of aromatic nitrogens is 7. The summed E-state index contributed by atoms with van der Waals surface area (Å²) >= 11 is 0. The molecule has 0 bridgehead atoms. The third-order valence-electron chi connectivity index (χ3n) is 3.90. The van der Waals surface area contributed by atoms with Crippen molar-refractivity contribution >= 4 is 20.9 Å². The van der Waals surface area contributed by atoms with Gasteiger partial charge in [0, 0.05) is 11.6 Å². The lowest BCUT2D eigenvalue weighted by molar-refractivity contribution is -0.139. The van der Waals surface area contributed by atoms with Crippen LogP contribution < -0.4 is 5.14 Å². The van der Waals surface area contributed by atoms with Crippen molar-refractivity contribution in [3.63, 3.8) is 0 Å². The number of fused-ring (bicyclic) bond motifs is 1. The van der Waals surface area contributed by atoms with E-state index in [0.29, 0.717) is 0 Å². The molecule has 14 heteroatoms. The Morgan fingerprint density at radius 1 is 1.11 bits per heavy atom. The van der Waals surface area contributed by atoms with E-state index in [4.69, 9.17) is 5.14 Å². The number of tetrazole rings is 1. The minimum absolute atomic E-state index is 0.0878. The number of nitrogens with two attached hydrogens (primary N) is 1. The summed E-state index contributed by atoms with van der Waals surface area (Å²) < 4.78 is 63.5. The number of halogens is 3. The summed E-state index contributed by atoms with van der Waals surface area (Å²) in [5.74, 6) is -0.129. The third kappa shape index (κ3) is 2.97. The molecule has 144 valence electrons. The number of H-pyrrole nitrogens is 2. The number of rotatable bonds is 3. The van der Waals surface area contributed by atoms with Crippen molar-refractivity contribution in [1.29, 1.82) is 0 Å². The summed E-state index contributed by atoms with van der Waals surface area (Å²) in [4.78, 5) is 3.77. The Hall–Kier alpha value is -3.39. The van der Waals surface area contributed by atoms with Gasteiger partial charge in [-0.3, -0.25) is 5.10 Å².